The van der Waals surface area contributed by atoms with Crippen LogP contribution >= 0.6 is 24.0 Å². The number of ether oxygens (including phenoxy) is 1. The molecule has 5 nitrogen and oxygen atoms in total. The third-order valence-electron chi connectivity index (χ3n) is 4.39. The van der Waals surface area contributed by atoms with Gasteiger partial charge in [0.15, 0.2) is 5.96 Å². The molecule has 2 N–H and O–H groups in total. The highest BCUT2D eigenvalue weighted by atomic mass is 127. The fourth-order valence-corrected chi connectivity index (χ4v) is 3.00. The molecule has 1 heterocycles. The SMILES string of the molecule is CCOC(CCNC(=NC)NC1CCN(CC(F)F)CC1)C(C)C.I. The predicted octanol–water partition coefficient (Wildman–Crippen LogP) is 2.95. The number of piperidine rings is 1. The third kappa shape index (κ3) is 10.5. The van der Waals surface area contributed by atoms with Crippen LogP contribution in [0.4, 0.5) is 8.78 Å². The molecule has 1 unspecified atom stereocenters. The van der Waals surface area contributed by atoms with Crippen LogP contribution in [-0.2, 0) is 4.74 Å². The van der Waals surface area contributed by atoms with Crippen LogP contribution in [-0.4, -0.2) is 69.3 Å². The molecule has 0 aromatic rings. The van der Waals surface area contributed by atoms with Crippen molar-refractivity contribution in [3.63, 3.8) is 0 Å². The Bertz CT molecular complexity index is 365. The van der Waals surface area contributed by atoms with E-state index in [0.29, 0.717) is 19.0 Å². The van der Waals surface area contributed by atoms with Crippen molar-refractivity contribution in [3.8, 4) is 0 Å². The van der Waals surface area contributed by atoms with E-state index in [2.05, 4.69) is 29.5 Å². The van der Waals surface area contributed by atoms with Crippen LogP contribution in [0.3, 0.4) is 0 Å². The van der Waals surface area contributed by atoms with Gasteiger partial charge in [-0.25, -0.2) is 8.78 Å². The Balaban J connectivity index is 0.00000576. The maximum absolute atomic E-state index is 12.4. The van der Waals surface area contributed by atoms with Gasteiger partial charge in [0.25, 0.3) is 6.43 Å². The molecular formula is C17H35F2IN4O. The van der Waals surface area contributed by atoms with Crippen molar-refractivity contribution in [2.24, 2.45) is 10.9 Å². The molecule has 0 aromatic heterocycles. The zero-order valence-electron chi connectivity index (χ0n) is 15.9. The van der Waals surface area contributed by atoms with Crippen LogP contribution < -0.4 is 10.6 Å². The average Bonchev–Trinajstić information content (AvgIpc) is 2.54. The van der Waals surface area contributed by atoms with Gasteiger partial charge in [0.05, 0.1) is 12.6 Å². The van der Waals surface area contributed by atoms with Gasteiger partial charge in [0, 0.05) is 39.3 Å². The normalized spacial score (nSPS) is 18.3. The summed E-state index contributed by atoms with van der Waals surface area (Å²) in [6.45, 7) is 9.18. The van der Waals surface area contributed by atoms with E-state index in [4.69, 9.17) is 4.74 Å². The van der Waals surface area contributed by atoms with Crippen molar-refractivity contribution >= 4 is 29.9 Å². The lowest BCUT2D eigenvalue weighted by atomic mass is 10.0. The molecule has 1 saturated heterocycles. The maximum Gasteiger partial charge on any atom is 0.251 e. The fraction of sp³-hybridized carbons (Fsp3) is 0.941. The van der Waals surface area contributed by atoms with Crippen molar-refractivity contribution < 1.29 is 13.5 Å². The summed E-state index contributed by atoms with van der Waals surface area (Å²) in [5, 5.41) is 6.73. The maximum atomic E-state index is 12.4. The lowest BCUT2D eigenvalue weighted by molar-refractivity contribution is 0.0258. The molecule has 0 aliphatic carbocycles. The minimum absolute atomic E-state index is 0. The van der Waals surface area contributed by atoms with Crippen LogP contribution in [0.5, 0.6) is 0 Å². The van der Waals surface area contributed by atoms with Gasteiger partial charge in [-0.2, -0.15) is 0 Å². The van der Waals surface area contributed by atoms with Gasteiger partial charge in [0.2, 0.25) is 0 Å². The first-order valence-corrected chi connectivity index (χ1v) is 9.05. The van der Waals surface area contributed by atoms with Gasteiger partial charge in [-0.1, -0.05) is 13.8 Å². The molecule has 1 fully saturated rings. The summed E-state index contributed by atoms with van der Waals surface area (Å²) in [5.74, 6) is 1.27. The molecule has 25 heavy (non-hydrogen) atoms. The number of alkyl halides is 2. The van der Waals surface area contributed by atoms with E-state index >= 15 is 0 Å². The second-order valence-corrected chi connectivity index (χ2v) is 6.64. The summed E-state index contributed by atoms with van der Waals surface area (Å²) in [6.07, 6.45) is 0.655. The summed E-state index contributed by atoms with van der Waals surface area (Å²) >= 11 is 0. The quantitative estimate of drug-likeness (QED) is 0.305. The summed E-state index contributed by atoms with van der Waals surface area (Å²) in [7, 11) is 1.75. The molecule has 8 heteroatoms. The number of nitrogens with one attached hydrogen (secondary N) is 2. The summed E-state index contributed by atoms with van der Waals surface area (Å²) in [4.78, 5) is 6.08. The molecular weight excluding hydrogens is 441 g/mol. The third-order valence-corrected chi connectivity index (χ3v) is 4.39. The smallest absolute Gasteiger partial charge is 0.251 e. The number of hydrogen-bond acceptors (Lipinski definition) is 3. The van der Waals surface area contributed by atoms with E-state index in [-0.39, 0.29) is 42.7 Å². The van der Waals surface area contributed by atoms with Gasteiger partial charge in [0.1, 0.15) is 0 Å². The van der Waals surface area contributed by atoms with Crippen LogP contribution in [0.25, 0.3) is 0 Å². The lowest BCUT2D eigenvalue weighted by Gasteiger charge is -2.32. The number of hydrogen-bond donors (Lipinski definition) is 2. The Morgan fingerprint density at radius 1 is 1.28 bits per heavy atom. The Labute approximate surface area is 168 Å². The van der Waals surface area contributed by atoms with E-state index in [0.717, 1.165) is 38.4 Å². The highest BCUT2D eigenvalue weighted by molar-refractivity contribution is 14.0. The Hall–Kier alpha value is -0.220. The van der Waals surface area contributed by atoms with Gasteiger partial charge < -0.3 is 15.4 Å². The van der Waals surface area contributed by atoms with Crippen molar-refractivity contribution in [3.05, 3.63) is 0 Å². The van der Waals surface area contributed by atoms with Crippen LogP contribution in [0.2, 0.25) is 0 Å². The fourth-order valence-electron chi connectivity index (χ4n) is 3.00. The highest BCUT2D eigenvalue weighted by Gasteiger charge is 2.22. The topological polar surface area (TPSA) is 48.9 Å². The van der Waals surface area contributed by atoms with Crippen LogP contribution in [0.15, 0.2) is 4.99 Å². The lowest BCUT2D eigenvalue weighted by Crippen LogP contribution is -2.49. The van der Waals surface area contributed by atoms with Crippen LogP contribution in [0.1, 0.15) is 40.0 Å². The minimum Gasteiger partial charge on any atom is -0.378 e. The zero-order valence-corrected chi connectivity index (χ0v) is 18.3. The standard InChI is InChI=1S/C17H34F2N4O.HI/c1-5-24-15(13(2)3)6-9-21-17(20-4)22-14-7-10-23(11-8-14)12-16(18)19;/h13-16H,5-12H2,1-4H3,(H2,20,21,22);1H. The van der Waals surface area contributed by atoms with Gasteiger partial charge in [-0.15, -0.1) is 24.0 Å². The minimum atomic E-state index is -2.25. The molecule has 0 saturated carbocycles. The largest absolute Gasteiger partial charge is 0.378 e. The number of guanidine groups is 1. The Morgan fingerprint density at radius 3 is 2.40 bits per heavy atom. The van der Waals surface area contributed by atoms with Crippen molar-refractivity contribution in [2.45, 2.75) is 58.6 Å². The molecule has 1 rings (SSSR count). The first-order valence-electron chi connectivity index (χ1n) is 9.05. The monoisotopic (exact) mass is 476 g/mol. The number of rotatable bonds is 9. The van der Waals surface area contributed by atoms with E-state index in [9.17, 15) is 8.78 Å². The number of halogens is 3. The second kappa shape index (κ2) is 13.9. The number of likely N-dealkylation sites (tertiary alicyclic amines) is 1. The van der Waals surface area contributed by atoms with Gasteiger partial charge in [-0.3, -0.25) is 9.89 Å². The predicted molar refractivity (Wildman–Crippen MR) is 110 cm³/mol. The molecule has 0 aromatic carbocycles. The summed E-state index contributed by atoms with van der Waals surface area (Å²) < 4.78 is 30.5. The van der Waals surface area contributed by atoms with Gasteiger partial charge in [-0.05, 0) is 32.1 Å². The summed E-state index contributed by atoms with van der Waals surface area (Å²) in [5.41, 5.74) is 0. The second-order valence-electron chi connectivity index (χ2n) is 6.64. The molecule has 1 aliphatic heterocycles. The van der Waals surface area contributed by atoms with E-state index in [1.807, 2.05) is 11.8 Å². The number of aliphatic imine (C=N–C) groups is 1. The summed E-state index contributed by atoms with van der Waals surface area (Å²) in [6, 6.07) is 0.290. The Morgan fingerprint density at radius 2 is 1.92 bits per heavy atom. The van der Waals surface area contributed by atoms with Crippen molar-refractivity contribution in [1.82, 2.24) is 15.5 Å². The van der Waals surface area contributed by atoms with Crippen molar-refractivity contribution in [1.29, 1.82) is 0 Å². The molecule has 0 spiro atoms. The highest BCUT2D eigenvalue weighted by Crippen LogP contribution is 2.12. The van der Waals surface area contributed by atoms with E-state index < -0.39 is 6.43 Å². The first kappa shape index (κ1) is 24.8. The molecule has 150 valence electrons. The molecule has 0 radical (unpaired) electrons. The molecule has 1 atom stereocenters. The van der Waals surface area contributed by atoms with Crippen molar-refractivity contribution in [2.75, 3.05) is 39.8 Å². The Kier molecular flexibility index (Phi) is 13.8. The first-order chi connectivity index (χ1) is 11.5. The van der Waals surface area contributed by atoms with Gasteiger partial charge >= 0.3 is 0 Å². The average molecular weight is 476 g/mol. The number of nitrogens with zero attached hydrogens (tertiary/aromatic N) is 2. The zero-order chi connectivity index (χ0) is 17.9. The molecule has 1 aliphatic rings. The molecule has 0 bridgehead atoms. The van der Waals surface area contributed by atoms with E-state index in [1.165, 1.54) is 0 Å². The molecule has 0 amide bonds. The van der Waals surface area contributed by atoms with Crippen LogP contribution in [0, 0.1) is 5.92 Å². The van der Waals surface area contributed by atoms with E-state index in [1.54, 1.807) is 7.05 Å².